The molecule has 3 aromatic rings. The van der Waals surface area contributed by atoms with Crippen LogP contribution in [-0.2, 0) is 0 Å². The molecule has 1 amide bonds. The number of carbonyl (C=O) groups excluding carboxylic acids is 1. The van der Waals surface area contributed by atoms with Crippen LogP contribution < -0.4 is 0 Å². The molecule has 0 aliphatic heterocycles. The zero-order valence-electron chi connectivity index (χ0n) is 12.5. The van der Waals surface area contributed by atoms with E-state index in [1.807, 2.05) is 61.8 Å². The molecule has 0 saturated carbocycles. The Morgan fingerprint density at radius 2 is 2.00 bits per heavy atom. The minimum absolute atomic E-state index is 0.0379. The molecule has 112 valence electrons. The lowest BCUT2D eigenvalue weighted by atomic mass is 10.1. The van der Waals surface area contributed by atoms with Crippen LogP contribution in [0.25, 0.3) is 11.3 Å². The molecule has 5 heteroatoms. The van der Waals surface area contributed by atoms with Crippen LogP contribution >= 0.6 is 11.3 Å². The number of hydrogen-bond donors (Lipinski definition) is 1. The van der Waals surface area contributed by atoms with Gasteiger partial charge in [0.15, 0.2) is 0 Å². The van der Waals surface area contributed by atoms with Crippen molar-refractivity contribution >= 4 is 17.2 Å². The number of H-pyrrole nitrogens is 1. The van der Waals surface area contributed by atoms with E-state index in [0.717, 1.165) is 11.3 Å². The van der Waals surface area contributed by atoms with Crippen LogP contribution in [0.3, 0.4) is 0 Å². The van der Waals surface area contributed by atoms with Gasteiger partial charge >= 0.3 is 0 Å². The van der Waals surface area contributed by atoms with Gasteiger partial charge in [0.05, 0.1) is 11.7 Å². The van der Waals surface area contributed by atoms with Crippen molar-refractivity contribution in [3.63, 3.8) is 0 Å². The number of carbonyl (C=O) groups is 1. The predicted octanol–water partition coefficient (Wildman–Crippen LogP) is 3.97. The van der Waals surface area contributed by atoms with Crippen molar-refractivity contribution in [1.29, 1.82) is 0 Å². The van der Waals surface area contributed by atoms with Gasteiger partial charge in [0.25, 0.3) is 5.91 Å². The van der Waals surface area contributed by atoms with Crippen LogP contribution in [0.2, 0.25) is 0 Å². The summed E-state index contributed by atoms with van der Waals surface area (Å²) in [5.74, 6) is -0.0596. The average Bonchev–Trinajstić information content (AvgIpc) is 3.25. The predicted molar refractivity (Wildman–Crippen MR) is 88.9 cm³/mol. The molecule has 0 aliphatic rings. The summed E-state index contributed by atoms with van der Waals surface area (Å²) in [4.78, 5) is 15.5. The van der Waals surface area contributed by atoms with Gasteiger partial charge in [-0.05, 0) is 24.4 Å². The van der Waals surface area contributed by atoms with Gasteiger partial charge in [-0.25, -0.2) is 0 Å². The SMILES string of the molecule is CC(c1cccs1)N(C)C(=O)c1cc(-c2ccccc2)n[nH]1. The third kappa shape index (κ3) is 2.80. The van der Waals surface area contributed by atoms with Crippen LogP contribution in [-0.4, -0.2) is 28.1 Å². The average molecular weight is 311 g/mol. The number of nitrogens with one attached hydrogen (secondary N) is 1. The number of rotatable bonds is 4. The number of thiophene rings is 1. The molecule has 0 bridgehead atoms. The lowest BCUT2D eigenvalue weighted by molar-refractivity contribution is 0.0739. The van der Waals surface area contributed by atoms with Gasteiger partial charge in [0.1, 0.15) is 5.69 Å². The maximum absolute atomic E-state index is 12.6. The van der Waals surface area contributed by atoms with E-state index in [9.17, 15) is 4.79 Å². The molecule has 22 heavy (non-hydrogen) atoms. The first-order chi connectivity index (χ1) is 10.7. The zero-order chi connectivity index (χ0) is 15.5. The Hall–Kier alpha value is -2.40. The monoisotopic (exact) mass is 311 g/mol. The van der Waals surface area contributed by atoms with Gasteiger partial charge in [0, 0.05) is 17.5 Å². The molecule has 0 radical (unpaired) electrons. The summed E-state index contributed by atoms with van der Waals surface area (Å²) in [7, 11) is 1.82. The lowest BCUT2D eigenvalue weighted by Crippen LogP contribution is -2.29. The van der Waals surface area contributed by atoms with Crippen LogP contribution in [0.1, 0.15) is 28.3 Å². The quantitative estimate of drug-likeness (QED) is 0.792. The van der Waals surface area contributed by atoms with E-state index in [-0.39, 0.29) is 11.9 Å². The molecule has 0 saturated heterocycles. The standard InChI is InChI=1S/C17H17N3OS/c1-12(16-9-6-10-22-16)20(2)17(21)15-11-14(18-19-15)13-7-4-3-5-8-13/h3-12H,1-2H3,(H,18,19). The molecule has 1 unspecified atom stereocenters. The molecule has 3 rings (SSSR count). The highest BCUT2D eigenvalue weighted by Crippen LogP contribution is 2.25. The van der Waals surface area contributed by atoms with Crippen LogP contribution in [0, 0.1) is 0 Å². The second-order valence-electron chi connectivity index (χ2n) is 5.14. The van der Waals surface area contributed by atoms with E-state index in [0.29, 0.717) is 5.69 Å². The van der Waals surface area contributed by atoms with E-state index in [1.54, 1.807) is 22.3 Å². The summed E-state index contributed by atoms with van der Waals surface area (Å²) >= 11 is 1.65. The highest BCUT2D eigenvalue weighted by atomic mass is 32.1. The number of nitrogens with zero attached hydrogens (tertiary/aromatic N) is 2. The van der Waals surface area contributed by atoms with Crippen LogP contribution in [0.15, 0.2) is 53.9 Å². The van der Waals surface area contributed by atoms with E-state index < -0.39 is 0 Å². The summed E-state index contributed by atoms with van der Waals surface area (Å²) in [5.41, 5.74) is 2.28. The number of aromatic amines is 1. The third-order valence-corrected chi connectivity index (χ3v) is 4.78. The smallest absolute Gasteiger partial charge is 0.272 e. The molecule has 1 atom stereocenters. The summed E-state index contributed by atoms with van der Waals surface area (Å²) in [5, 5.41) is 9.11. The number of amides is 1. The van der Waals surface area contributed by atoms with Gasteiger partial charge in [0.2, 0.25) is 0 Å². The number of benzene rings is 1. The van der Waals surface area contributed by atoms with Crippen molar-refractivity contribution in [2.45, 2.75) is 13.0 Å². The Labute approximate surface area is 133 Å². The second kappa shape index (κ2) is 6.15. The normalized spacial score (nSPS) is 12.1. The fourth-order valence-corrected chi connectivity index (χ4v) is 3.10. The Morgan fingerprint density at radius 1 is 1.23 bits per heavy atom. The third-order valence-electron chi connectivity index (χ3n) is 3.73. The van der Waals surface area contributed by atoms with Crippen LogP contribution in [0.5, 0.6) is 0 Å². The summed E-state index contributed by atoms with van der Waals surface area (Å²) in [6.07, 6.45) is 0. The van der Waals surface area contributed by atoms with Crippen molar-refractivity contribution < 1.29 is 4.79 Å². The molecule has 4 nitrogen and oxygen atoms in total. The molecular weight excluding hydrogens is 294 g/mol. The Balaban J connectivity index is 1.80. The van der Waals surface area contributed by atoms with E-state index in [4.69, 9.17) is 0 Å². The Morgan fingerprint density at radius 3 is 2.68 bits per heavy atom. The summed E-state index contributed by atoms with van der Waals surface area (Å²) < 4.78 is 0. The van der Waals surface area contributed by atoms with E-state index in [2.05, 4.69) is 10.2 Å². The molecule has 1 N–H and O–H groups in total. The maximum Gasteiger partial charge on any atom is 0.272 e. The first kappa shape index (κ1) is 14.5. The molecule has 0 fully saturated rings. The van der Waals surface area contributed by atoms with E-state index >= 15 is 0 Å². The van der Waals surface area contributed by atoms with Crippen molar-refractivity contribution in [2.24, 2.45) is 0 Å². The summed E-state index contributed by atoms with van der Waals surface area (Å²) in [6.45, 7) is 2.03. The zero-order valence-corrected chi connectivity index (χ0v) is 13.3. The van der Waals surface area contributed by atoms with Gasteiger partial charge in [-0.1, -0.05) is 36.4 Å². The van der Waals surface area contributed by atoms with Crippen LogP contribution in [0.4, 0.5) is 0 Å². The number of aromatic nitrogens is 2. The van der Waals surface area contributed by atoms with Crippen molar-refractivity contribution in [3.8, 4) is 11.3 Å². The molecule has 2 aromatic heterocycles. The second-order valence-corrected chi connectivity index (χ2v) is 6.12. The molecule has 0 aliphatic carbocycles. The fourth-order valence-electron chi connectivity index (χ4n) is 2.27. The largest absolute Gasteiger partial charge is 0.333 e. The van der Waals surface area contributed by atoms with Crippen molar-refractivity contribution in [3.05, 3.63) is 64.5 Å². The molecule has 2 heterocycles. The van der Waals surface area contributed by atoms with Gasteiger partial charge < -0.3 is 4.90 Å². The fraction of sp³-hybridized carbons (Fsp3) is 0.176. The first-order valence-corrected chi connectivity index (χ1v) is 7.96. The number of hydrogen-bond acceptors (Lipinski definition) is 3. The molecule has 1 aromatic carbocycles. The van der Waals surface area contributed by atoms with Crippen molar-refractivity contribution in [1.82, 2.24) is 15.1 Å². The van der Waals surface area contributed by atoms with Gasteiger partial charge in [-0.2, -0.15) is 5.10 Å². The molecular formula is C17H17N3OS. The minimum atomic E-state index is -0.0596. The first-order valence-electron chi connectivity index (χ1n) is 7.08. The van der Waals surface area contributed by atoms with Crippen molar-refractivity contribution in [2.75, 3.05) is 7.05 Å². The Bertz CT molecular complexity index is 749. The maximum atomic E-state index is 12.6. The van der Waals surface area contributed by atoms with Gasteiger partial charge in [-0.3, -0.25) is 9.89 Å². The highest BCUT2D eigenvalue weighted by molar-refractivity contribution is 7.10. The van der Waals surface area contributed by atoms with Gasteiger partial charge in [-0.15, -0.1) is 11.3 Å². The topological polar surface area (TPSA) is 49.0 Å². The highest BCUT2D eigenvalue weighted by Gasteiger charge is 2.21. The minimum Gasteiger partial charge on any atom is -0.333 e. The Kier molecular flexibility index (Phi) is 4.06. The summed E-state index contributed by atoms with van der Waals surface area (Å²) in [6, 6.07) is 15.7. The van der Waals surface area contributed by atoms with E-state index in [1.165, 1.54) is 4.88 Å². The lowest BCUT2D eigenvalue weighted by Gasteiger charge is -2.23. The molecule has 0 spiro atoms.